The maximum atomic E-state index is 12.3. The van der Waals surface area contributed by atoms with Crippen molar-refractivity contribution in [3.05, 3.63) is 52.2 Å². The lowest BCUT2D eigenvalue weighted by atomic mass is 10.0. The summed E-state index contributed by atoms with van der Waals surface area (Å²) in [6.07, 6.45) is 0. The molecule has 0 fully saturated rings. The Bertz CT molecular complexity index is 666. The van der Waals surface area contributed by atoms with E-state index in [1.807, 2.05) is 44.3 Å². The topological polar surface area (TPSA) is 58.2 Å². The fourth-order valence-electron chi connectivity index (χ4n) is 1.99. The first kappa shape index (κ1) is 16.2. The first-order valence-corrected chi connectivity index (χ1v) is 9.16. The predicted molar refractivity (Wildman–Crippen MR) is 87.1 cm³/mol. The smallest absolute Gasteiger partial charge is 0.241 e. The number of nitrogens with one attached hydrogen (secondary N) is 2. The Balaban J connectivity index is 2.00. The fraction of sp³-hybridized carbons (Fsp3) is 0.333. The van der Waals surface area contributed by atoms with Crippen LogP contribution >= 0.6 is 11.3 Å². The van der Waals surface area contributed by atoms with Crippen molar-refractivity contribution in [3.8, 4) is 0 Å². The van der Waals surface area contributed by atoms with Gasteiger partial charge >= 0.3 is 0 Å². The normalized spacial score (nSPS) is 13.2. The largest absolute Gasteiger partial charge is 0.315 e. The zero-order valence-corrected chi connectivity index (χ0v) is 13.8. The van der Waals surface area contributed by atoms with Gasteiger partial charge in [0.1, 0.15) is 0 Å². The third kappa shape index (κ3) is 4.38. The van der Waals surface area contributed by atoms with Gasteiger partial charge in [-0.2, -0.15) is 0 Å². The van der Waals surface area contributed by atoms with Gasteiger partial charge in [0.15, 0.2) is 0 Å². The minimum atomic E-state index is -3.43. The Labute approximate surface area is 130 Å². The molecule has 1 atom stereocenters. The highest BCUT2D eigenvalue weighted by Crippen LogP contribution is 2.20. The van der Waals surface area contributed by atoms with E-state index in [0.29, 0.717) is 18.0 Å². The van der Waals surface area contributed by atoms with Crippen molar-refractivity contribution in [2.45, 2.75) is 24.3 Å². The van der Waals surface area contributed by atoms with Gasteiger partial charge in [-0.3, -0.25) is 0 Å². The molecule has 0 saturated carbocycles. The van der Waals surface area contributed by atoms with Gasteiger partial charge in [-0.1, -0.05) is 37.3 Å². The summed E-state index contributed by atoms with van der Waals surface area (Å²) in [5, 5.41) is 4.70. The van der Waals surface area contributed by atoms with Gasteiger partial charge in [0, 0.05) is 23.3 Å². The molecule has 2 N–H and O–H groups in total. The second-order valence-electron chi connectivity index (χ2n) is 4.94. The predicted octanol–water partition coefficient (Wildman–Crippen LogP) is 2.55. The van der Waals surface area contributed by atoms with Crippen LogP contribution in [0.3, 0.4) is 0 Å². The number of benzene rings is 1. The molecule has 0 aliphatic rings. The van der Waals surface area contributed by atoms with Crippen molar-refractivity contribution in [2.24, 2.45) is 0 Å². The van der Waals surface area contributed by atoms with E-state index >= 15 is 0 Å². The highest BCUT2D eigenvalue weighted by molar-refractivity contribution is 7.89. The molecule has 1 unspecified atom stereocenters. The highest BCUT2D eigenvalue weighted by atomic mass is 32.2. The number of thiophene rings is 1. The van der Waals surface area contributed by atoms with Gasteiger partial charge in [-0.05, 0) is 24.6 Å². The molecule has 0 aliphatic heterocycles. The molecule has 2 aromatic rings. The van der Waals surface area contributed by atoms with Gasteiger partial charge in [0.05, 0.1) is 4.90 Å². The monoisotopic (exact) mass is 324 g/mol. The second kappa shape index (κ2) is 7.17. The van der Waals surface area contributed by atoms with Crippen LogP contribution in [0.15, 0.2) is 46.7 Å². The Morgan fingerprint density at radius 3 is 2.62 bits per heavy atom. The lowest BCUT2D eigenvalue weighted by molar-refractivity contribution is 0.575. The number of hydrogen-bond donors (Lipinski definition) is 2. The van der Waals surface area contributed by atoms with Crippen LogP contribution in [-0.4, -0.2) is 22.0 Å². The Hall–Kier alpha value is -1.21. The minimum absolute atomic E-state index is 0.136. The minimum Gasteiger partial charge on any atom is -0.315 e. The van der Waals surface area contributed by atoms with Crippen molar-refractivity contribution in [3.63, 3.8) is 0 Å². The molecule has 1 heterocycles. The standard InChI is InChI=1S/C15H20N2O2S2/c1-12(13-6-4-3-5-7-13)9-17-21(18,19)15-8-14(10-16-2)20-11-15/h3-8,11-12,16-17H,9-10H2,1-2H3. The third-order valence-corrected chi connectivity index (χ3v) is 5.73. The second-order valence-corrected chi connectivity index (χ2v) is 7.71. The molecule has 21 heavy (non-hydrogen) atoms. The summed E-state index contributed by atoms with van der Waals surface area (Å²) >= 11 is 1.45. The molecule has 0 radical (unpaired) electrons. The summed E-state index contributed by atoms with van der Waals surface area (Å²) in [6, 6.07) is 11.6. The van der Waals surface area contributed by atoms with Crippen LogP contribution in [0.1, 0.15) is 23.3 Å². The van der Waals surface area contributed by atoms with Crippen molar-refractivity contribution < 1.29 is 8.42 Å². The van der Waals surface area contributed by atoms with Crippen molar-refractivity contribution in [2.75, 3.05) is 13.6 Å². The number of sulfonamides is 1. The van der Waals surface area contributed by atoms with Gasteiger partial charge in [-0.15, -0.1) is 11.3 Å². The summed E-state index contributed by atoms with van der Waals surface area (Å²) in [6.45, 7) is 3.09. The molecular formula is C15H20N2O2S2. The van der Waals surface area contributed by atoms with Crippen LogP contribution < -0.4 is 10.0 Å². The molecule has 6 heteroatoms. The first-order valence-electron chi connectivity index (χ1n) is 6.79. The van der Waals surface area contributed by atoms with E-state index in [1.165, 1.54) is 11.3 Å². The van der Waals surface area contributed by atoms with Crippen molar-refractivity contribution >= 4 is 21.4 Å². The van der Waals surface area contributed by atoms with E-state index in [1.54, 1.807) is 11.4 Å². The highest BCUT2D eigenvalue weighted by Gasteiger charge is 2.17. The first-order chi connectivity index (χ1) is 10.0. The summed E-state index contributed by atoms with van der Waals surface area (Å²) < 4.78 is 27.2. The average molecular weight is 324 g/mol. The molecule has 0 amide bonds. The van der Waals surface area contributed by atoms with E-state index in [9.17, 15) is 8.42 Å². The zero-order valence-electron chi connectivity index (χ0n) is 12.2. The SMILES string of the molecule is CNCc1cc(S(=O)(=O)NCC(C)c2ccccc2)cs1. The van der Waals surface area contributed by atoms with E-state index in [-0.39, 0.29) is 5.92 Å². The Morgan fingerprint density at radius 1 is 1.24 bits per heavy atom. The van der Waals surface area contributed by atoms with Gasteiger partial charge in [0.25, 0.3) is 0 Å². The maximum Gasteiger partial charge on any atom is 0.241 e. The number of hydrogen-bond acceptors (Lipinski definition) is 4. The molecule has 1 aromatic heterocycles. The van der Waals surface area contributed by atoms with E-state index in [0.717, 1.165) is 10.4 Å². The molecule has 4 nitrogen and oxygen atoms in total. The summed E-state index contributed by atoms with van der Waals surface area (Å²) in [5.41, 5.74) is 1.13. The van der Waals surface area contributed by atoms with E-state index in [2.05, 4.69) is 10.0 Å². The van der Waals surface area contributed by atoms with Crippen LogP contribution in [-0.2, 0) is 16.6 Å². The van der Waals surface area contributed by atoms with Crippen LogP contribution in [0.2, 0.25) is 0 Å². The molecular weight excluding hydrogens is 304 g/mol. The van der Waals surface area contributed by atoms with Crippen LogP contribution in [0.5, 0.6) is 0 Å². The van der Waals surface area contributed by atoms with Gasteiger partial charge in [-0.25, -0.2) is 13.1 Å². The van der Waals surface area contributed by atoms with E-state index < -0.39 is 10.0 Å². The van der Waals surface area contributed by atoms with E-state index in [4.69, 9.17) is 0 Å². The Kier molecular flexibility index (Phi) is 5.52. The molecule has 2 rings (SSSR count). The summed E-state index contributed by atoms with van der Waals surface area (Å²) in [4.78, 5) is 1.35. The lowest BCUT2D eigenvalue weighted by Gasteiger charge is -2.12. The summed E-state index contributed by atoms with van der Waals surface area (Å²) in [5.74, 6) is 0.136. The van der Waals surface area contributed by atoms with Gasteiger partial charge < -0.3 is 5.32 Å². The molecule has 114 valence electrons. The maximum absolute atomic E-state index is 12.3. The zero-order chi connectivity index (χ0) is 15.3. The van der Waals surface area contributed by atoms with Crippen LogP contribution in [0.25, 0.3) is 0 Å². The summed E-state index contributed by atoms with van der Waals surface area (Å²) in [7, 11) is -1.59. The van der Waals surface area contributed by atoms with Crippen molar-refractivity contribution in [1.29, 1.82) is 0 Å². The fourth-order valence-corrected chi connectivity index (χ4v) is 4.40. The Morgan fingerprint density at radius 2 is 1.95 bits per heavy atom. The van der Waals surface area contributed by atoms with Crippen molar-refractivity contribution in [1.82, 2.24) is 10.0 Å². The molecule has 0 spiro atoms. The molecule has 0 saturated heterocycles. The molecule has 0 bridgehead atoms. The number of rotatable bonds is 7. The average Bonchev–Trinajstić information content (AvgIpc) is 2.96. The molecule has 1 aromatic carbocycles. The van der Waals surface area contributed by atoms with Crippen LogP contribution in [0.4, 0.5) is 0 Å². The van der Waals surface area contributed by atoms with Crippen LogP contribution in [0, 0.1) is 0 Å². The lowest BCUT2D eigenvalue weighted by Crippen LogP contribution is -2.27. The quantitative estimate of drug-likeness (QED) is 0.823. The van der Waals surface area contributed by atoms with Gasteiger partial charge in [0.2, 0.25) is 10.0 Å². The third-order valence-electron chi connectivity index (χ3n) is 3.24. The molecule has 0 aliphatic carbocycles.